The van der Waals surface area contributed by atoms with E-state index in [9.17, 15) is 24.0 Å². The predicted octanol–water partition coefficient (Wildman–Crippen LogP) is -0.844. The Morgan fingerprint density at radius 2 is 1.39 bits per heavy atom. The maximum atomic E-state index is 13.0. The fourth-order valence-corrected chi connectivity index (χ4v) is 2.99. The molecule has 4 atom stereocenters. The first-order valence-electron chi connectivity index (χ1n) is 10.2. The van der Waals surface area contributed by atoms with E-state index in [1.807, 2.05) is 0 Å². The Labute approximate surface area is 196 Å². The Bertz CT molecular complexity index is 850. The molecule has 4 unspecified atom stereocenters. The summed E-state index contributed by atoms with van der Waals surface area (Å²) < 4.78 is 0. The first-order chi connectivity index (χ1) is 15.5. The van der Waals surface area contributed by atoms with E-state index in [4.69, 9.17) is 15.9 Å². The van der Waals surface area contributed by atoms with E-state index in [-0.39, 0.29) is 18.1 Å². The number of nitrogens with one attached hydrogen (secondary N) is 3. The van der Waals surface area contributed by atoms with Crippen LogP contribution in [0.2, 0.25) is 0 Å². The van der Waals surface area contributed by atoms with Gasteiger partial charge in [-0.05, 0) is 11.5 Å². The van der Waals surface area contributed by atoms with Crippen LogP contribution in [-0.2, 0) is 30.4 Å². The van der Waals surface area contributed by atoms with E-state index >= 15 is 0 Å². The van der Waals surface area contributed by atoms with Gasteiger partial charge in [-0.2, -0.15) is 12.6 Å². The summed E-state index contributed by atoms with van der Waals surface area (Å²) in [5, 5.41) is 25.2. The third-order valence-corrected chi connectivity index (χ3v) is 5.11. The number of benzene rings is 1. The fraction of sp³-hybridized carbons (Fsp3) is 0.476. The molecule has 0 aromatic heterocycles. The summed E-state index contributed by atoms with van der Waals surface area (Å²) in [5.74, 6) is -5.60. The number of thiol groups is 1. The number of nitrogens with two attached hydrogens (primary N) is 1. The van der Waals surface area contributed by atoms with Gasteiger partial charge in [0.15, 0.2) is 0 Å². The molecular weight excluding hydrogens is 452 g/mol. The van der Waals surface area contributed by atoms with Crippen molar-refractivity contribution in [2.45, 2.75) is 50.9 Å². The molecule has 0 heterocycles. The van der Waals surface area contributed by atoms with Crippen LogP contribution in [0.25, 0.3) is 0 Å². The molecular formula is C21H30N4O7S. The zero-order valence-corrected chi connectivity index (χ0v) is 19.2. The lowest BCUT2D eigenvalue weighted by Crippen LogP contribution is -2.58. The average molecular weight is 483 g/mol. The smallest absolute Gasteiger partial charge is 0.327 e. The molecule has 11 nitrogen and oxygen atoms in total. The SMILES string of the molecule is CC(C)C(N)C(=O)NC(Cc1ccccc1)C(=O)NC(CC(=O)O)C(=O)NC(CS)C(=O)O. The Morgan fingerprint density at radius 3 is 1.88 bits per heavy atom. The van der Waals surface area contributed by atoms with Gasteiger partial charge in [-0.15, -0.1) is 0 Å². The molecule has 0 saturated carbocycles. The average Bonchev–Trinajstić information content (AvgIpc) is 2.75. The van der Waals surface area contributed by atoms with Crippen LogP contribution >= 0.6 is 12.6 Å². The van der Waals surface area contributed by atoms with Crippen molar-refractivity contribution >= 4 is 42.3 Å². The van der Waals surface area contributed by atoms with Gasteiger partial charge in [0.1, 0.15) is 18.1 Å². The zero-order chi connectivity index (χ0) is 25.1. The first kappa shape index (κ1) is 27.9. The summed E-state index contributed by atoms with van der Waals surface area (Å²) in [4.78, 5) is 60.4. The van der Waals surface area contributed by atoms with Gasteiger partial charge in [0.25, 0.3) is 0 Å². The monoisotopic (exact) mass is 482 g/mol. The van der Waals surface area contributed by atoms with E-state index < -0.39 is 60.2 Å². The van der Waals surface area contributed by atoms with Gasteiger partial charge < -0.3 is 31.9 Å². The van der Waals surface area contributed by atoms with Gasteiger partial charge in [0, 0.05) is 12.2 Å². The van der Waals surface area contributed by atoms with Crippen LogP contribution in [0.5, 0.6) is 0 Å². The number of carbonyl (C=O) groups is 5. The van der Waals surface area contributed by atoms with Gasteiger partial charge in [-0.25, -0.2) is 4.79 Å². The molecule has 3 amide bonds. The Kier molecular flexibility index (Phi) is 11.4. The topological polar surface area (TPSA) is 188 Å². The Balaban J connectivity index is 3.09. The number of carbonyl (C=O) groups excluding carboxylic acids is 3. The molecule has 0 fully saturated rings. The van der Waals surface area contributed by atoms with Crippen LogP contribution in [0, 0.1) is 5.92 Å². The standard InChI is InChI=1S/C21H30N4O7S/c1-11(2)17(22)20(30)24-13(8-12-6-4-3-5-7-12)18(28)23-14(9-16(26)27)19(29)25-15(10-33)21(31)32/h3-7,11,13-15,17,33H,8-10,22H2,1-2H3,(H,23,28)(H,24,30)(H,25,29)(H,26,27)(H,31,32). The van der Waals surface area contributed by atoms with Crippen LogP contribution < -0.4 is 21.7 Å². The highest BCUT2D eigenvalue weighted by Gasteiger charge is 2.31. The Hall–Kier alpha value is -3.12. The number of hydrogen-bond acceptors (Lipinski definition) is 7. The summed E-state index contributed by atoms with van der Waals surface area (Å²) in [6, 6.07) is 3.74. The van der Waals surface area contributed by atoms with E-state index in [2.05, 4.69) is 28.6 Å². The van der Waals surface area contributed by atoms with Crippen LogP contribution in [0.3, 0.4) is 0 Å². The third kappa shape index (κ3) is 9.49. The van der Waals surface area contributed by atoms with Crippen LogP contribution in [0.1, 0.15) is 25.8 Å². The minimum atomic E-state index is -1.58. The molecule has 0 bridgehead atoms. The normalized spacial score (nSPS) is 14.5. The molecule has 33 heavy (non-hydrogen) atoms. The van der Waals surface area contributed by atoms with Crippen molar-refractivity contribution in [3.05, 3.63) is 35.9 Å². The van der Waals surface area contributed by atoms with Crippen molar-refractivity contribution in [1.29, 1.82) is 0 Å². The Morgan fingerprint density at radius 1 is 0.879 bits per heavy atom. The molecule has 12 heteroatoms. The minimum Gasteiger partial charge on any atom is -0.481 e. The number of aliphatic carboxylic acids is 2. The highest BCUT2D eigenvalue weighted by Crippen LogP contribution is 2.07. The highest BCUT2D eigenvalue weighted by molar-refractivity contribution is 7.80. The maximum Gasteiger partial charge on any atom is 0.327 e. The van der Waals surface area contributed by atoms with E-state index in [1.54, 1.807) is 44.2 Å². The number of carboxylic acid groups (broad SMARTS) is 2. The quantitative estimate of drug-likeness (QED) is 0.177. The molecule has 1 aromatic rings. The molecule has 1 rings (SSSR count). The van der Waals surface area contributed by atoms with Crippen molar-refractivity contribution in [3.8, 4) is 0 Å². The molecule has 7 N–H and O–H groups in total. The van der Waals surface area contributed by atoms with Crippen LogP contribution in [-0.4, -0.2) is 69.8 Å². The number of hydrogen-bond donors (Lipinski definition) is 7. The maximum absolute atomic E-state index is 13.0. The lowest BCUT2D eigenvalue weighted by molar-refractivity contribution is -0.143. The van der Waals surface area contributed by atoms with Gasteiger partial charge >= 0.3 is 11.9 Å². The van der Waals surface area contributed by atoms with Crippen molar-refractivity contribution in [1.82, 2.24) is 16.0 Å². The third-order valence-electron chi connectivity index (χ3n) is 4.75. The fourth-order valence-electron chi connectivity index (χ4n) is 2.74. The molecule has 0 radical (unpaired) electrons. The summed E-state index contributed by atoms with van der Waals surface area (Å²) in [6.45, 7) is 3.48. The van der Waals surface area contributed by atoms with Crippen molar-refractivity contribution in [2.24, 2.45) is 11.7 Å². The second-order valence-corrected chi connectivity index (χ2v) is 8.13. The number of carboxylic acids is 2. The molecule has 1 aromatic carbocycles. The van der Waals surface area contributed by atoms with Gasteiger partial charge in [0.2, 0.25) is 17.7 Å². The first-order valence-corrected chi connectivity index (χ1v) is 10.9. The molecule has 0 aliphatic heterocycles. The van der Waals surface area contributed by atoms with E-state index in [0.29, 0.717) is 5.56 Å². The summed E-state index contributed by atoms with van der Waals surface area (Å²) in [7, 11) is 0. The van der Waals surface area contributed by atoms with Gasteiger partial charge in [-0.3, -0.25) is 19.2 Å². The van der Waals surface area contributed by atoms with Crippen molar-refractivity contribution < 1.29 is 34.2 Å². The lowest BCUT2D eigenvalue weighted by Gasteiger charge is -2.25. The number of amides is 3. The molecule has 0 aliphatic rings. The second kappa shape index (κ2) is 13.4. The summed E-state index contributed by atoms with van der Waals surface area (Å²) >= 11 is 3.84. The van der Waals surface area contributed by atoms with Crippen LogP contribution in [0.15, 0.2) is 30.3 Å². The second-order valence-electron chi connectivity index (χ2n) is 7.76. The van der Waals surface area contributed by atoms with E-state index in [0.717, 1.165) is 0 Å². The summed E-state index contributed by atoms with van der Waals surface area (Å²) in [5.41, 5.74) is 6.57. The van der Waals surface area contributed by atoms with Crippen molar-refractivity contribution in [3.63, 3.8) is 0 Å². The largest absolute Gasteiger partial charge is 0.481 e. The minimum absolute atomic E-state index is 0.0546. The summed E-state index contributed by atoms with van der Waals surface area (Å²) in [6.07, 6.45) is -0.743. The van der Waals surface area contributed by atoms with Gasteiger partial charge in [-0.1, -0.05) is 44.2 Å². The molecule has 0 spiro atoms. The zero-order valence-electron chi connectivity index (χ0n) is 18.4. The van der Waals surface area contributed by atoms with Crippen LogP contribution in [0.4, 0.5) is 0 Å². The predicted molar refractivity (Wildman–Crippen MR) is 122 cm³/mol. The molecule has 0 saturated heterocycles. The van der Waals surface area contributed by atoms with Gasteiger partial charge in [0.05, 0.1) is 12.5 Å². The highest BCUT2D eigenvalue weighted by atomic mass is 32.1. The van der Waals surface area contributed by atoms with E-state index in [1.165, 1.54) is 0 Å². The molecule has 182 valence electrons. The van der Waals surface area contributed by atoms with Crippen molar-refractivity contribution in [2.75, 3.05) is 5.75 Å². The lowest BCUT2D eigenvalue weighted by atomic mass is 10.0. The molecule has 0 aliphatic carbocycles. The number of rotatable bonds is 13.